The molecule has 0 aromatic heterocycles. The second-order valence-corrected chi connectivity index (χ2v) is 13.0. The van der Waals surface area contributed by atoms with Crippen molar-refractivity contribution < 1.29 is 52.2 Å². The largest absolute Gasteiger partial charge is 4.00 e. The van der Waals surface area contributed by atoms with Gasteiger partial charge in [0.1, 0.15) is 0 Å². The average molecular weight is 924 g/mol. The van der Waals surface area contributed by atoms with Crippen molar-refractivity contribution in [2.24, 2.45) is 11.8 Å². The van der Waals surface area contributed by atoms with Gasteiger partial charge in [0, 0.05) is 0 Å². The Morgan fingerprint density at radius 2 is 0.846 bits per heavy atom. The number of halogens is 8. The normalized spacial score (nSPS) is 11.2. The SMILES string of the molecule is CC(C)Cc1cc2c(-c3ccc(C(F)(F)F)cc3)cccc2[cH-]1.CC(C)Cc1cc2c(-c3ccc(C(F)(F)F)cc3)cccc2[cH-]1.Cl.Cl.[CH2-]C[CH2-].[Hf+4]. The van der Waals surface area contributed by atoms with Crippen molar-refractivity contribution in [3.05, 3.63) is 145 Å². The maximum absolute atomic E-state index is 12.7. The van der Waals surface area contributed by atoms with Crippen LogP contribution in [0, 0.1) is 25.7 Å². The van der Waals surface area contributed by atoms with E-state index in [4.69, 9.17) is 0 Å². The van der Waals surface area contributed by atoms with Crippen LogP contribution in [0.25, 0.3) is 43.8 Å². The first-order chi connectivity index (χ1) is 23.1. The van der Waals surface area contributed by atoms with Gasteiger partial charge in [0.05, 0.1) is 11.1 Å². The standard InChI is InChI=1S/2C20H18F3.C3H6.2ClH.Hf/c2*1-13(2)10-14-11-16-4-3-5-18(19(16)12-14)15-6-8-17(9-7-15)20(21,22)23;1-3-2;;;/h2*3-9,11-13H,10H2,1-2H3;1-3H2;2*1H;/q2*-1;-2;;;+4. The predicted octanol–water partition coefficient (Wildman–Crippen LogP) is 14.8. The Balaban J connectivity index is 0.000000459. The number of fused-ring (bicyclic) bond motifs is 2. The fourth-order valence-electron chi connectivity index (χ4n) is 5.95. The van der Waals surface area contributed by atoms with Crippen molar-refractivity contribution in [1.82, 2.24) is 0 Å². The molecular weight excluding hydrogens is 880 g/mol. The second-order valence-electron chi connectivity index (χ2n) is 13.0. The molecule has 276 valence electrons. The quantitative estimate of drug-likeness (QED) is 0.0887. The van der Waals surface area contributed by atoms with E-state index < -0.39 is 23.5 Å². The summed E-state index contributed by atoms with van der Waals surface area (Å²) in [5.74, 6) is 1.14. The Kier molecular flexibility index (Phi) is 18.6. The van der Waals surface area contributed by atoms with Crippen LogP contribution in [0.2, 0.25) is 0 Å². The van der Waals surface area contributed by atoms with E-state index in [1.807, 2.05) is 36.4 Å². The number of hydrogen-bond acceptors (Lipinski definition) is 0. The van der Waals surface area contributed by atoms with E-state index in [-0.39, 0.29) is 50.7 Å². The van der Waals surface area contributed by atoms with Crippen molar-refractivity contribution >= 4 is 46.4 Å². The second kappa shape index (κ2) is 20.5. The van der Waals surface area contributed by atoms with E-state index in [9.17, 15) is 26.3 Å². The molecule has 6 aromatic carbocycles. The first-order valence-corrected chi connectivity index (χ1v) is 16.4. The summed E-state index contributed by atoms with van der Waals surface area (Å²) in [6, 6.07) is 31.3. The maximum Gasteiger partial charge on any atom is 4.00 e. The summed E-state index contributed by atoms with van der Waals surface area (Å²) in [5, 5.41) is 4.47. The third-order valence-corrected chi connectivity index (χ3v) is 7.96. The minimum absolute atomic E-state index is 0. The van der Waals surface area contributed by atoms with Crippen LogP contribution in [0.15, 0.2) is 109 Å². The van der Waals surface area contributed by atoms with Crippen LogP contribution in [0.5, 0.6) is 0 Å². The van der Waals surface area contributed by atoms with Crippen LogP contribution in [0.1, 0.15) is 56.4 Å². The van der Waals surface area contributed by atoms with Crippen molar-refractivity contribution in [2.45, 2.75) is 59.3 Å². The molecule has 0 radical (unpaired) electrons. The molecule has 0 unspecified atom stereocenters. The Morgan fingerprint density at radius 3 is 1.12 bits per heavy atom. The van der Waals surface area contributed by atoms with Gasteiger partial charge in [0.2, 0.25) is 0 Å². The molecule has 0 spiro atoms. The number of alkyl halides is 6. The van der Waals surface area contributed by atoms with Gasteiger partial charge in [-0.05, 0) is 60.1 Å². The van der Waals surface area contributed by atoms with Gasteiger partial charge in [-0.1, -0.05) is 75.2 Å². The molecule has 0 saturated carbocycles. The van der Waals surface area contributed by atoms with Gasteiger partial charge in [-0.15, -0.1) is 93.9 Å². The Bertz CT molecular complexity index is 1790. The third kappa shape index (κ3) is 12.6. The molecule has 52 heavy (non-hydrogen) atoms. The van der Waals surface area contributed by atoms with Gasteiger partial charge in [-0.25, -0.2) is 0 Å². The summed E-state index contributed by atoms with van der Waals surface area (Å²) < 4.78 is 76.2. The summed E-state index contributed by atoms with van der Waals surface area (Å²) in [5.41, 5.74) is 4.89. The van der Waals surface area contributed by atoms with E-state index in [0.29, 0.717) is 11.8 Å². The topological polar surface area (TPSA) is 0 Å². The molecule has 6 aromatic rings. The van der Waals surface area contributed by atoms with Crippen molar-refractivity contribution in [1.29, 1.82) is 0 Å². The Morgan fingerprint density at radius 1 is 0.538 bits per heavy atom. The predicted molar refractivity (Wildman–Crippen MR) is 207 cm³/mol. The Hall–Kier alpha value is -2.87. The van der Waals surface area contributed by atoms with Crippen LogP contribution in [0.3, 0.4) is 0 Å². The number of hydrogen-bond donors (Lipinski definition) is 0. The zero-order valence-electron chi connectivity index (χ0n) is 29.7. The Labute approximate surface area is 335 Å². The van der Waals surface area contributed by atoms with Gasteiger partial charge in [-0.2, -0.15) is 38.5 Å². The van der Waals surface area contributed by atoms with Crippen molar-refractivity contribution in [3.8, 4) is 22.3 Å². The fourth-order valence-corrected chi connectivity index (χ4v) is 5.95. The summed E-state index contributed by atoms with van der Waals surface area (Å²) in [6.07, 6.45) is -5.84. The van der Waals surface area contributed by atoms with E-state index in [0.717, 1.165) is 87.3 Å². The maximum atomic E-state index is 12.7. The summed E-state index contributed by atoms with van der Waals surface area (Å²) in [6.45, 7) is 15.5. The fraction of sp³-hybridized carbons (Fsp3) is 0.256. The summed E-state index contributed by atoms with van der Waals surface area (Å²) in [4.78, 5) is 0. The average Bonchev–Trinajstić information content (AvgIpc) is 3.63. The van der Waals surface area contributed by atoms with Crippen molar-refractivity contribution in [3.63, 3.8) is 0 Å². The van der Waals surface area contributed by atoms with Gasteiger partial charge in [0.15, 0.2) is 0 Å². The molecule has 0 heterocycles. The molecule has 9 heteroatoms. The smallest absolute Gasteiger partial charge is 0.372 e. The minimum atomic E-state index is -4.30. The molecule has 0 atom stereocenters. The monoisotopic (exact) mass is 924 g/mol. The summed E-state index contributed by atoms with van der Waals surface area (Å²) >= 11 is 0. The first kappa shape index (κ1) is 47.2. The zero-order chi connectivity index (χ0) is 35.9. The van der Waals surface area contributed by atoms with Crippen LogP contribution >= 0.6 is 24.8 Å². The van der Waals surface area contributed by atoms with Crippen molar-refractivity contribution in [2.75, 3.05) is 0 Å². The summed E-state index contributed by atoms with van der Waals surface area (Å²) in [7, 11) is 0. The molecule has 0 saturated heterocycles. The zero-order valence-corrected chi connectivity index (χ0v) is 34.9. The van der Waals surface area contributed by atoms with E-state index >= 15 is 0 Å². The van der Waals surface area contributed by atoms with Gasteiger partial charge < -0.3 is 20.3 Å². The molecule has 6 rings (SSSR count). The van der Waals surface area contributed by atoms with Gasteiger partial charge in [0.25, 0.3) is 0 Å². The van der Waals surface area contributed by atoms with Gasteiger partial charge >= 0.3 is 38.2 Å². The van der Waals surface area contributed by atoms with Crippen LogP contribution < -0.4 is 0 Å². The molecule has 0 nitrogen and oxygen atoms in total. The van der Waals surface area contributed by atoms with Gasteiger partial charge in [-0.3, -0.25) is 0 Å². The van der Waals surface area contributed by atoms with Crippen LogP contribution in [0.4, 0.5) is 26.3 Å². The number of benzene rings is 4. The molecule has 0 fully saturated rings. The molecule has 0 bridgehead atoms. The molecule has 0 aliphatic heterocycles. The van der Waals surface area contributed by atoms with E-state index in [1.54, 1.807) is 24.3 Å². The molecular formula is C43H44Cl2F6Hf. The first-order valence-electron chi connectivity index (χ1n) is 16.4. The number of rotatable bonds is 6. The van der Waals surface area contributed by atoms with E-state index in [2.05, 4.69) is 65.8 Å². The third-order valence-electron chi connectivity index (χ3n) is 7.96. The van der Waals surface area contributed by atoms with Crippen LogP contribution in [-0.4, -0.2) is 0 Å². The minimum Gasteiger partial charge on any atom is -0.372 e. The molecule has 0 N–H and O–H groups in total. The van der Waals surface area contributed by atoms with Crippen LogP contribution in [-0.2, 0) is 51.0 Å². The molecule has 0 aliphatic rings. The molecule has 0 aliphatic carbocycles. The molecule has 0 amide bonds. The van der Waals surface area contributed by atoms with E-state index in [1.165, 1.54) is 11.1 Å².